The van der Waals surface area contributed by atoms with Crippen LogP contribution in [-0.2, 0) is 4.79 Å². The van der Waals surface area contributed by atoms with Gasteiger partial charge in [-0.3, -0.25) is 9.59 Å². The van der Waals surface area contributed by atoms with E-state index in [0.717, 1.165) is 0 Å². The summed E-state index contributed by atoms with van der Waals surface area (Å²) in [6.45, 7) is 2.00. The number of ether oxygens (including phenoxy) is 2. The molecule has 0 fully saturated rings. The lowest BCUT2D eigenvalue weighted by Gasteiger charge is -2.11. The van der Waals surface area contributed by atoms with Crippen LogP contribution in [0.5, 0.6) is 11.5 Å². The summed E-state index contributed by atoms with van der Waals surface area (Å²) in [5.41, 5.74) is 8.07. The Bertz CT molecular complexity index is 725. The van der Waals surface area contributed by atoms with E-state index in [9.17, 15) is 9.59 Å². The molecule has 2 aromatic rings. The second kappa shape index (κ2) is 8.37. The molecule has 2 rings (SSSR count). The minimum atomic E-state index is -0.580. The Morgan fingerprint density at radius 3 is 2.79 bits per heavy atom. The maximum absolute atomic E-state index is 11.7. The molecule has 0 radical (unpaired) electrons. The lowest BCUT2D eigenvalue weighted by atomic mass is 10.2. The van der Waals surface area contributed by atoms with Crippen molar-refractivity contribution in [3.05, 3.63) is 47.9 Å². The Hall–Kier alpha value is -3.29. The Labute approximate surface area is 138 Å². The van der Waals surface area contributed by atoms with Gasteiger partial charge in [-0.05, 0) is 42.8 Å². The van der Waals surface area contributed by atoms with E-state index in [1.54, 1.807) is 24.3 Å². The zero-order valence-electron chi connectivity index (χ0n) is 13.0. The number of carbonyl (C=O) groups excluding carboxylic acids is 2. The average molecular weight is 331 g/mol. The molecule has 0 saturated heterocycles. The van der Waals surface area contributed by atoms with Crippen molar-refractivity contribution in [2.75, 3.05) is 13.2 Å². The smallest absolute Gasteiger partial charge is 0.307 e. The zero-order chi connectivity index (χ0) is 17.4. The summed E-state index contributed by atoms with van der Waals surface area (Å²) in [5.74, 6) is -0.0312. The molecule has 1 aromatic carbocycles. The molecular weight excluding hydrogens is 314 g/mol. The van der Waals surface area contributed by atoms with Crippen LogP contribution in [0.15, 0.2) is 46.1 Å². The van der Waals surface area contributed by atoms with Gasteiger partial charge < -0.3 is 19.6 Å². The first kappa shape index (κ1) is 17.1. The van der Waals surface area contributed by atoms with Crippen molar-refractivity contribution in [2.45, 2.75) is 6.92 Å². The minimum Gasteiger partial charge on any atom is -0.490 e. The Kier molecular flexibility index (Phi) is 5.95. The van der Waals surface area contributed by atoms with E-state index in [1.165, 1.54) is 18.5 Å². The van der Waals surface area contributed by atoms with Crippen molar-refractivity contribution >= 4 is 18.0 Å². The number of nitrogens with two attached hydrogens (primary N) is 1. The first-order valence-electron chi connectivity index (χ1n) is 7.15. The first-order chi connectivity index (χ1) is 11.6. The van der Waals surface area contributed by atoms with Gasteiger partial charge in [0.25, 0.3) is 5.91 Å². The fraction of sp³-hybridized carbons (Fsp3) is 0.188. The van der Waals surface area contributed by atoms with Crippen LogP contribution in [-0.4, -0.2) is 31.2 Å². The molecule has 0 unspecified atom stereocenters. The lowest BCUT2D eigenvalue weighted by Crippen LogP contribution is -2.20. The maximum Gasteiger partial charge on any atom is 0.307 e. The van der Waals surface area contributed by atoms with Gasteiger partial charge in [-0.15, -0.1) is 0 Å². The van der Waals surface area contributed by atoms with Gasteiger partial charge in [-0.1, -0.05) is 0 Å². The number of carbonyl (C=O) groups is 2. The number of hydrogen-bond donors (Lipinski definition) is 2. The molecule has 0 spiro atoms. The number of hydrogen-bond acceptors (Lipinski definition) is 6. The summed E-state index contributed by atoms with van der Waals surface area (Å²) in [4.78, 5) is 22.5. The van der Waals surface area contributed by atoms with Crippen LogP contribution in [0.1, 0.15) is 23.0 Å². The molecule has 2 amide bonds. The summed E-state index contributed by atoms with van der Waals surface area (Å²) < 4.78 is 15.7. The van der Waals surface area contributed by atoms with Crippen LogP contribution in [0.4, 0.5) is 0 Å². The summed E-state index contributed by atoms with van der Waals surface area (Å²) in [7, 11) is 0. The third kappa shape index (κ3) is 4.87. The molecule has 3 N–H and O–H groups in total. The monoisotopic (exact) mass is 331 g/mol. The minimum absolute atomic E-state index is 0.164. The Balaban J connectivity index is 2.04. The van der Waals surface area contributed by atoms with Crippen LogP contribution < -0.4 is 20.6 Å². The van der Waals surface area contributed by atoms with Gasteiger partial charge in [0, 0.05) is 0 Å². The molecule has 0 atom stereocenters. The maximum atomic E-state index is 11.7. The molecule has 0 aliphatic heterocycles. The van der Waals surface area contributed by atoms with E-state index in [-0.39, 0.29) is 12.4 Å². The number of amides is 2. The molecule has 126 valence electrons. The summed E-state index contributed by atoms with van der Waals surface area (Å²) in [5, 5.41) is 3.85. The summed E-state index contributed by atoms with van der Waals surface area (Å²) in [6.07, 6.45) is 2.85. The standard InChI is InChI=1S/C16H17N3O5/c1-2-22-14-8-11(5-6-12(14)24-10-15(17)20)9-18-19-16(21)13-4-3-7-23-13/h3-9H,2,10H2,1H3,(H2,17,20)(H,19,21)/b18-9-. The number of nitrogens with zero attached hydrogens (tertiary/aromatic N) is 1. The molecule has 24 heavy (non-hydrogen) atoms. The quantitative estimate of drug-likeness (QED) is 0.559. The highest BCUT2D eigenvalue weighted by Gasteiger charge is 2.08. The first-order valence-corrected chi connectivity index (χ1v) is 7.15. The highest BCUT2D eigenvalue weighted by molar-refractivity contribution is 5.92. The highest BCUT2D eigenvalue weighted by Crippen LogP contribution is 2.27. The molecule has 1 aromatic heterocycles. The Morgan fingerprint density at radius 1 is 1.29 bits per heavy atom. The van der Waals surface area contributed by atoms with Crippen LogP contribution in [0.2, 0.25) is 0 Å². The van der Waals surface area contributed by atoms with E-state index in [0.29, 0.717) is 23.7 Å². The molecule has 1 heterocycles. The van der Waals surface area contributed by atoms with Crippen molar-refractivity contribution in [2.24, 2.45) is 10.8 Å². The summed E-state index contributed by atoms with van der Waals surface area (Å²) in [6, 6.07) is 8.13. The third-order valence-corrected chi connectivity index (χ3v) is 2.76. The number of rotatable bonds is 8. The highest BCUT2D eigenvalue weighted by atomic mass is 16.5. The molecule has 0 aliphatic carbocycles. The second-order valence-electron chi connectivity index (χ2n) is 4.57. The van der Waals surface area contributed by atoms with E-state index in [2.05, 4.69) is 10.5 Å². The number of nitrogens with one attached hydrogen (secondary N) is 1. The van der Waals surface area contributed by atoms with Gasteiger partial charge in [-0.2, -0.15) is 5.10 Å². The van der Waals surface area contributed by atoms with Crippen molar-refractivity contribution in [1.82, 2.24) is 5.43 Å². The second-order valence-corrected chi connectivity index (χ2v) is 4.57. The molecule has 8 heteroatoms. The third-order valence-electron chi connectivity index (χ3n) is 2.76. The topological polar surface area (TPSA) is 116 Å². The van der Waals surface area contributed by atoms with Crippen LogP contribution in [0, 0.1) is 0 Å². The predicted molar refractivity (Wildman–Crippen MR) is 86.1 cm³/mol. The number of primary amides is 1. The van der Waals surface area contributed by atoms with E-state index in [4.69, 9.17) is 19.6 Å². The normalized spacial score (nSPS) is 10.5. The van der Waals surface area contributed by atoms with E-state index < -0.39 is 11.8 Å². The Morgan fingerprint density at radius 2 is 2.12 bits per heavy atom. The van der Waals surface area contributed by atoms with Gasteiger partial charge in [0.1, 0.15) is 0 Å². The van der Waals surface area contributed by atoms with Gasteiger partial charge in [0.2, 0.25) is 0 Å². The number of benzene rings is 1. The van der Waals surface area contributed by atoms with Crippen molar-refractivity contribution in [3.63, 3.8) is 0 Å². The predicted octanol–water partition coefficient (Wildman–Crippen LogP) is 1.31. The van der Waals surface area contributed by atoms with Crippen LogP contribution in [0.25, 0.3) is 0 Å². The van der Waals surface area contributed by atoms with Gasteiger partial charge in [-0.25, -0.2) is 5.43 Å². The molecule has 0 aliphatic rings. The fourth-order valence-electron chi connectivity index (χ4n) is 1.77. The van der Waals surface area contributed by atoms with Crippen molar-refractivity contribution in [3.8, 4) is 11.5 Å². The zero-order valence-corrected chi connectivity index (χ0v) is 13.0. The lowest BCUT2D eigenvalue weighted by molar-refractivity contribution is -0.119. The molecular formula is C16H17N3O5. The fourth-order valence-corrected chi connectivity index (χ4v) is 1.77. The van der Waals surface area contributed by atoms with Crippen molar-refractivity contribution in [1.29, 1.82) is 0 Å². The van der Waals surface area contributed by atoms with Gasteiger partial charge in [0.15, 0.2) is 23.9 Å². The largest absolute Gasteiger partial charge is 0.490 e. The average Bonchev–Trinajstić information content (AvgIpc) is 3.08. The molecule has 8 nitrogen and oxygen atoms in total. The van der Waals surface area contributed by atoms with Gasteiger partial charge >= 0.3 is 5.91 Å². The van der Waals surface area contributed by atoms with Crippen LogP contribution in [0.3, 0.4) is 0 Å². The van der Waals surface area contributed by atoms with E-state index >= 15 is 0 Å². The van der Waals surface area contributed by atoms with Crippen LogP contribution >= 0.6 is 0 Å². The molecule has 0 bridgehead atoms. The van der Waals surface area contributed by atoms with E-state index in [1.807, 2.05) is 6.92 Å². The van der Waals surface area contributed by atoms with Gasteiger partial charge in [0.05, 0.1) is 19.1 Å². The summed E-state index contributed by atoms with van der Waals surface area (Å²) >= 11 is 0. The molecule has 0 saturated carbocycles. The van der Waals surface area contributed by atoms with Crippen molar-refractivity contribution < 1.29 is 23.5 Å². The number of furan rings is 1. The number of hydrazone groups is 1. The SMILES string of the molecule is CCOc1cc(/C=N\NC(=O)c2ccco2)ccc1OCC(N)=O.